The first-order valence-electron chi connectivity index (χ1n) is 7.88. The number of nitrogens with one attached hydrogen (secondary N) is 1. The SMILES string of the molecule is CN.O=CNCCC1Cc2cc(F)ccc2Cc2ccccc21. The molecule has 0 aromatic heterocycles. The topological polar surface area (TPSA) is 55.1 Å². The van der Waals surface area contributed by atoms with Gasteiger partial charge in [-0.1, -0.05) is 30.3 Å². The van der Waals surface area contributed by atoms with E-state index in [9.17, 15) is 9.18 Å². The lowest BCUT2D eigenvalue weighted by Gasteiger charge is -2.17. The van der Waals surface area contributed by atoms with E-state index in [2.05, 4.69) is 29.2 Å². The second-order valence-corrected chi connectivity index (χ2v) is 5.55. The number of fused-ring (bicyclic) bond motifs is 2. The molecule has 3 N–H and O–H groups in total. The molecular formula is C19H23FN2O. The number of carbonyl (C=O) groups excluding carboxylic acids is 1. The van der Waals surface area contributed by atoms with Gasteiger partial charge in [0.05, 0.1) is 0 Å². The maximum absolute atomic E-state index is 13.5. The van der Waals surface area contributed by atoms with Gasteiger partial charge >= 0.3 is 0 Å². The summed E-state index contributed by atoms with van der Waals surface area (Å²) in [6, 6.07) is 13.5. The Morgan fingerprint density at radius 2 is 1.96 bits per heavy atom. The summed E-state index contributed by atoms with van der Waals surface area (Å²) in [7, 11) is 1.50. The minimum Gasteiger partial charge on any atom is -0.359 e. The third-order valence-corrected chi connectivity index (χ3v) is 4.23. The van der Waals surface area contributed by atoms with Crippen LogP contribution in [0.5, 0.6) is 0 Å². The molecule has 1 atom stereocenters. The monoisotopic (exact) mass is 314 g/mol. The van der Waals surface area contributed by atoms with E-state index in [1.807, 2.05) is 12.1 Å². The maximum Gasteiger partial charge on any atom is 0.207 e. The van der Waals surface area contributed by atoms with Crippen molar-refractivity contribution in [2.75, 3.05) is 13.6 Å². The van der Waals surface area contributed by atoms with E-state index < -0.39 is 0 Å². The Morgan fingerprint density at radius 1 is 1.17 bits per heavy atom. The van der Waals surface area contributed by atoms with Gasteiger partial charge in [-0.25, -0.2) is 4.39 Å². The molecule has 0 radical (unpaired) electrons. The zero-order valence-corrected chi connectivity index (χ0v) is 13.4. The number of carbonyl (C=O) groups is 1. The predicted octanol–water partition coefficient (Wildman–Crippen LogP) is 2.77. The summed E-state index contributed by atoms with van der Waals surface area (Å²) < 4.78 is 13.5. The van der Waals surface area contributed by atoms with Crippen molar-refractivity contribution >= 4 is 6.41 Å². The summed E-state index contributed by atoms with van der Waals surface area (Å²) in [5.41, 5.74) is 9.41. The quantitative estimate of drug-likeness (QED) is 0.673. The van der Waals surface area contributed by atoms with Gasteiger partial charge in [-0.05, 0) is 66.6 Å². The number of rotatable bonds is 4. The van der Waals surface area contributed by atoms with Crippen LogP contribution in [-0.4, -0.2) is 20.0 Å². The van der Waals surface area contributed by atoms with Gasteiger partial charge in [0.15, 0.2) is 0 Å². The molecule has 0 heterocycles. The number of hydrogen-bond donors (Lipinski definition) is 2. The lowest BCUT2D eigenvalue weighted by molar-refractivity contribution is -0.109. The molecule has 1 unspecified atom stereocenters. The van der Waals surface area contributed by atoms with Crippen molar-refractivity contribution < 1.29 is 9.18 Å². The van der Waals surface area contributed by atoms with Gasteiger partial charge in [0.25, 0.3) is 0 Å². The van der Waals surface area contributed by atoms with Gasteiger partial charge in [0.2, 0.25) is 6.41 Å². The molecule has 1 amide bonds. The van der Waals surface area contributed by atoms with Crippen LogP contribution < -0.4 is 11.1 Å². The van der Waals surface area contributed by atoms with Gasteiger partial charge in [-0.2, -0.15) is 0 Å². The first-order chi connectivity index (χ1) is 11.3. The Labute approximate surface area is 136 Å². The molecule has 0 saturated carbocycles. The van der Waals surface area contributed by atoms with E-state index in [1.54, 1.807) is 6.07 Å². The van der Waals surface area contributed by atoms with Crippen molar-refractivity contribution in [2.45, 2.75) is 25.2 Å². The van der Waals surface area contributed by atoms with Crippen LogP contribution in [0.1, 0.15) is 34.6 Å². The maximum atomic E-state index is 13.5. The second-order valence-electron chi connectivity index (χ2n) is 5.55. The Kier molecular flexibility index (Phi) is 6.29. The average molecular weight is 314 g/mol. The van der Waals surface area contributed by atoms with Crippen LogP contribution in [0.2, 0.25) is 0 Å². The summed E-state index contributed by atoms with van der Waals surface area (Å²) in [6.07, 6.45) is 3.27. The van der Waals surface area contributed by atoms with Crippen molar-refractivity contribution in [3.8, 4) is 0 Å². The van der Waals surface area contributed by atoms with Crippen LogP contribution in [0.25, 0.3) is 0 Å². The highest BCUT2D eigenvalue weighted by atomic mass is 19.1. The minimum absolute atomic E-state index is 0.176. The van der Waals surface area contributed by atoms with Crippen LogP contribution in [0.15, 0.2) is 42.5 Å². The number of amides is 1. The molecule has 23 heavy (non-hydrogen) atoms. The molecule has 0 aliphatic heterocycles. The first-order valence-corrected chi connectivity index (χ1v) is 7.88. The first kappa shape index (κ1) is 17.2. The van der Waals surface area contributed by atoms with Gasteiger partial charge in [-0.3, -0.25) is 4.79 Å². The highest BCUT2D eigenvalue weighted by molar-refractivity contribution is 5.46. The van der Waals surface area contributed by atoms with E-state index >= 15 is 0 Å². The number of hydrogen-bond acceptors (Lipinski definition) is 2. The van der Waals surface area contributed by atoms with E-state index in [-0.39, 0.29) is 5.82 Å². The smallest absolute Gasteiger partial charge is 0.207 e. The lowest BCUT2D eigenvalue weighted by Crippen LogP contribution is -2.16. The van der Waals surface area contributed by atoms with Gasteiger partial charge in [0.1, 0.15) is 5.82 Å². The molecule has 4 heteroatoms. The summed E-state index contributed by atoms with van der Waals surface area (Å²) in [6.45, 7) is 0.646. The zero-order valence-electron chi connectivity index (χ0n) is 13.4. The predicted molar refractivity (Wildman–Crippen MR) is 90.9 cm³/mol. The van der Waals surface area contributed by atoms with Crippen molar-refractivity contribution in [3.05, 3.63) is 70.5 Å². The Morgan fingerprint density at radius 3 is 2.74 bits per heavy atom. The molecule has 0 spiro atoms. The number of halogens is 1. The fourth-order valence-electron chi connectivity index (χ4n) is 3.21. The van der Waals surface area contributed by atoms with Crippen LogP contribution in [0.3, 0.4) is 0 Å². The molecule has 2 aromatic carbocycles. The van der Waals surface area contributed by atoms with Gasteiger partial charge < -0.3 is 11.1 Å². The highest BCUT2D eigenvalue weighted by Gasteiger charge is 2.21. The Hall–Kier alpha value is -2.20. The van der Waals surface area contributed by atoms with Crippen LogP contribution in [-0.2, 0) is 17.6 Å². The summed E-state index contributed by atoms with van der Waals surface area (Å²) >= 11 is 0. The number of benzene rings is 2. The molecule has 0 saturated heterocycles. The Bertz CT molecular complexity index is 658. The molecule has 2 aromatic rings. The molecule has 0 fully saturated rings. The third kappa shape index (κ3) is 4.17. The van der Waals surface area contributed by atoms with E-state index in [0.29, 0.717) is 12.5 Å². The number of nitrogens with two attached hydrogens (primary N) is 1. The van der Waals surface area contributed by atoms with Gasteiger partial charge in [0, 0.05) is 6.54 Å². The molecule has 122 valence electrons. The van der Waals surface area contributed by atoms with Crippen molar-refractivity contribution in [1.29, 1.82) is 0 Å². The Balaban J connectivity index is 0.000000924. The fraction of sp³-hybridized carbons (Fsp3) is 0.316. The normalized spacial score (nSPS) is 15.3. The summed E-state index contributed by atoms with van der Waals surface area (Å²) in [5.74, 6) is 0.140. The molecule has 3 nitrogen and oxygen atoms in total. The molecule has 1 aliphatic carbocycles. The third-order valence-electron chi connectivity index (χ3n) is 4.23. The van der Waals surface area contributed by atoms with E-state index in [4.69, 9.17) is 0 Å². The minimum atomic E-state index is -0.176. The average Bonchev–Trinajstić information content (AvgIpc) is 2.73. The van der Waals surface area contributed by atoms with Crippen molar-refractivity contribution in [3.63, 3.8) is 0 Å². The molecule has 1 aliphatic rings. The summed E-state index contributed by atoms with van der Waals surface area (Å²) in [4.78, 5) is 10.4. The van der Waals surface area contributed by atoms with Crippen LogP contribution in [0, 0.1) is 5.82 Å². The molecule has 3 rings (SSSR count). The highest BCUT2D eigenvalue weighted by Crippen LogP contribution is 2.33. The molecular weight excluding hydrogens is 291 g/mol. The van der Waals surface area contributed by atoms with E-state index in [1.165, 1.54) is 29.8 Å². The van der Waals surface area contributed by atoms with Crippen LogP contribution in [0.4, 0.5) is 4.39 Å². The van der Waals surface area contributed by atoms with Crippen molar-refractivity contribution in [2.24, 2.45) is 5.73 Å². The second kappa shape index (κ2) is 8.44. The lowest BCUT2D eigenvalue weighted by atomic mass is 9.89. The standard InChI is InChI=1S/C18H18FNO.CH5N/c19-17-6-5-13-9-14-3-1-2-4-18(14)15(7-8-20-12-21)10-16(13)11-17;1-2/h1-6,11-12,15H,7-10H2,(H,20,21);2H2,1H3. The molecule has 0 bridgehead atoms. The zero-order chi connectivity index (χ0) is 16.7. The largest absolute Gasteiger partial charge is 0.359 e. The fourth-order valence-corrected chi connectivity index (χ4v) is 3.21. The van der Waals surface area contributed by atoms with Crippen molar-refractivity contribution in [1.82, 2.24) is 5.32 Å². The van der Waals surface area contributed by atoms with E-state index in [0.717, 1.165) is 31.2 Å². The summed E-state index contributed by atoms with van der Waals surface area (Å²) in [5, 5.41) is 2.73. The van der Waals surface area contributed by atoms with Gasteiger partial charge in [-0.15, -0.1) is 0 Å². The van der Waals surface area contributed by atoms with Crippen LogP contribution >= 0.6 is 0 Å².